The molecule has 0 saturated heterocycles. The number of aromatic hydroxyl groups is 1. The molecule has 0 radical (unpaired) electrons. The van der Waals surface area contributed by atoms with Gasteiger partial charge in [-0.1, -0.05) is 42.5 Å². The Morgan fingerprint density at radius 3 is 2.31 bits per heavy atom. The molecule has 0 aliphatic heterocycles. The number of hydrogen-bond donors (Lipinski definition) is 5. The van der Waals surface area contributed by atoms with Crippen LogP contribution in [0.1, 0.15) is 40.1 Å². The Kier molecular flexibility index (Phi) is 11.0. The van der Waals surface area contributed by atoms with Gasteiger partial charge in [0.05, 0.1) is 11.9 Å². The lowest BCUT2D eigenvalue weighted by atomic mass is 10.1. The topological polar surface area (TPSA) is 154 Å². The summed E-state index contributed by atoms with van der Waals surface area (Å²) in [5.41, 5.74) is 1.31. The largest absolute Gasteiger partial charge is 0.507 e. The van der Waals surface area contributed by atoms with E-state index in [1.165, 1.54) is 30.0 Å². The number of anilines is 2. The highest BCUT2D eigenvalue weighted by Gasteiger charge is 2.19. The molecule has 4 rings (SSSR count). The summed E-state index contributed by atoms with van der Waals surface area (Å²) in [6.45, 7) is 3.95. The number of carboxylic acids is 1. The second kappa shape index (κ2) is 15.3. The predicted molar refractivity (Wildman–Crippen MR) is 174 cm³/mol. The number of ether oxygens (including phenoxy) is 1. The summed E-state index contributed by atoms with van der Waals surface area (Å²) in [7, 11) is 0. The fourth-order valence-electron chi connectivity index (χ4n) is 4.12. The van der Waals surface area contributed by atoms with E-state index in [0.717, 1.165) is 0 Å². The third-order valence-electron chi connectivity index (χ3n) is 6.32. The maximum Gasteiger partial charge on any atom is 0.339 e. The van der Waals surface area contributed by atoms with Crippen molar-refractivity contribution in [2.45, 2.75) is 24.0 Å². The summed E-state index contributed by atoms with van der Waals surface area (Å²) >= 11 is 1.22. The Labute approximate surface area is 264 Å². The monoisotopic (exact) mass is 625 g/mol. The second-order valence-electron chi connectivity index (χ2n) is 9.62. The molecule has 4 aromatic rings. The molecule has 0 spiro atoms. The smallest absolute Gasteiger partial charge is 0.339 e. The molecule has 4 aromatic carbocycles. The van der Waals surface area contributed by atoms with Crippen molar-refractivity contribution in [2.24, 2.45) is 0 Å². The molecule has 11 heteroatoms. The van der Waals surface area contributed by atoms with Gasteiger partial charge in [-0.3, -0.25) is 14.4 Å². The van der Waals surface area contributed by atoms with Gasteiger partial charge in [-0.15, -0.1) is 11.8 Å². The molecule has 0 aromatic heterocycles. The fraction of sp³-hybridized carbons (Fsp3) is 0.118. The third-order valence-corrected chi connectivity index (χ3v) is 7.41. The zero-order valence-electron chi connectivity index (χ0n) is 24.4. The zero-order chi connectivity index (χ0) is 32.3. The Bertz CT molecular complexity index is 1740. The summed E-state index contributed by atoms with van der Waals surface area (Å²) in [4.78, 5) is 51.3. The molecule has 0 fully saturated rings. The van der Waals surface area contributed by atoms with Gasteiger partial charge in [-0.2, -0.15) is 0 Å². The standard InChI is InChI=1S/C34H31N3O7S/c1-3-44-30-15-8-7-12-23(30)18-28(37-32(40)22-10-5-4-6-11-22)33(41)36-24-13-9-14-26(19-24)45-21(2)31(39)35-25-16-17-29(38)27(20-25)34(42)43/h4-21,38H,3H2,1-2H3,(H,35,39)(H,36,41)(H,37,40)(H,42,43)/b28-18+. The lowest BCUT2D eigenvalue weighted by Crippen LogP contribution is -2.30. The third kappa shape index (κ3) is 8.97. The Hall–Kier alpha value is -5.55. The highest BCUT2D eigenvalue weighted by atomic mass is 32.2. The number of para-hydroxylation sites is 1. The number of amides is 3. The number of aromatic carboxylic acids is 1. The van der Waals surface area contributed by atoms with Crippen LogP contribution in [0.5, 0.6) is 11.5 Å². The van der Waals surface area contributed by atoms with Crippen molar-refractivity contribution < 1.29 is 34.1 Å². The van der Waals surface area contributed by atoms with Gasteiger partial charge in [0.25, 0.3) is 11.8 Å². The average Bonchev–Trinajstić information content (AvgIpc) is 3.03. The van der Waals surface area contributed by atoms with E-state index in [1.807, 2.05) is 13.0 Å². The highest BCUT2D eigenvalue weighted by molar-refractivity contribution is 8.00. The van der Waals surface area contributed by atoms with Crippen molar-refractivity contribution in [1.82, 2.24) is 5.32 Å². The molecule has 1 unspecified atom stereocenters. The van der Waals surface area contributed by atoms with Crippen LogP contribution in [0, 0.1) is 0 Å². The minimum Gasteiger partial charge on any atom is -0.507 e. The van der Waals surface area contributed by atoms with Crippen LogP contribution in [0.4, 0.5) is 11.4 Å². The van der Waals surface area contributed by atoms with Crippen LogP contribution in [0.25, 0.3) is 6.08 Å². The van der Waals surface area contributed by atoms with E-state index in [2.05, 4.69) is 16.0 Å². The molecular weight excluding hydrogens is 594 g/mol. The molecule has 0 saturated carbocycles. The summed E-state index contributed by atoms with van der Waals surface area (Å²) in [5.74, 6) is -2.59. The normalized spacial score (nSPS) is 11.6. The minimum atomic E-state index is -1.32. The van der Waals surface area contributed by atoms with Crippen molar-refractivity contribution in [1.29, 1.82) is 0 Å². The van der Waals surface area contributed by atoms with Crippen LogP contribution >= 0.6 is 11.8 Å². The van der Waals surface area contributed by atoms with Crippen LogP contribution in [0.3, 0.4) is 0 Å². The molecule has 45 heavy (non-hydrogen) atoms. The number of thioether (sulfide) groups is 1. The molecule has 10 nitrogen and oxygen atoms in total. The summed E-state index contributed by atoms with van der Waals surface area (Å²) < 4.78 is 5.69. The first kappa shape index (κ1) is 32.4. The fourth-order valence-corrected chi connectivity index (χ4v) is 5.04. The van der Waals surface area contributed by atoms with E-state index in [9.17, 15) is 29.4 Å². The van der Waals surface area contributed by atoms with Crippen LogP contribution in [-0.2, 0) is 9.59 Å². The first-order chi connectivity index (χ1) is 21.6. The number of carbonyl (C=O) groups is 4. The maximum absolute atomic E-state index is 13.5. The van der Waals surface area contributed by atoms with E-state index in [4.69, 9.17) is 4.74 Å². The zero-order valence-corrected chi connectivity index (χ0v) is 25.3. The first-order valence-corrected chi connectivity index (χ1v) is 14.8. The van der Waals surface area contributed by atoms with E-state index in [0.29, 0.717) is 34.1 Å². The van der Waals surface area contributed by atoms with Gasteiger partial charge in [0.1, 0.15) is 22.8 Å². The molecule has 0 bridgehead atoms. The SMILES string of the molecule is CCOc1ccccc1/C=C(/NC(=O)c1ccccc1)C(=O)Nc1cccc(SC(C)C(=O)Nc2ccc(O)c(C(=O)O)c2)c1. The van der Waals surface area contributed by atoms with E-state index in [-0.39, 0.29) is 16.9 Å². The molecule has 0 heterocycles. The van der Waals surface area contributed by atoms with Crippen molar-refractivity contribution in [3.05, 3.63) is 119 Å². The number of carbonyl (C=O) groups excluding carboxylic acids is 3. The molecule has 1 atom stereocenters. The van der Waals surface area contributed by atoms with Gasteiger partial charge in [0, 0.05) is 27.4 Å². The van der Waals surface area contributed by atoms with Gasteiger partial charge in [0.15, 0.2) is 0 Å². The number of nitrogens with one attached hydrogen (secondary N) is 3. The lowest BCUT2D eigenvalue weighted by molar-refractivity contribution is -0.115. The van der Waals surface area contributed by atoms with Gasteiger partial charge < -0.3 is 30.9 Å². The highest BCUT2D eigenvalue weighted by Crippen LogP contribution is 2.28. The Morgan fingerprint density at radius 1 is 0.867 bits per heavy atom. The maximum atomic E-state index is 13.5. The number of hydrogen-bond acceptors (Lipinski definition) is 7. The number of rotatable bonds is 12. The molecule has 3 amide bonds. The number of benzene rings is 4. The average molecular weight is 626 g/mol. The number of carboxylic acid groups (broad SMARTS) is 1. The van der Waals surface area contributed by atoms with Crippen LogP contribution < -0.4 is 20.7 Å². The van der Waals surface area contributed by atoms with Gasteiger partial charge in [0.2, 0.25) is 5.91 Å². The van der Waals surface area contributed by atoms with Crippen LogP contribution in [0.15, 0.2) is 108 Å². The van der Waals surface area contributed by atoms with Crippen molar-refractivity contribution in [2.75, 3.05) is 17.2 Å². The van der Waals surface area contributed by atoms with Crippen molar-refractivity contribution in [3.63, 3.8) is 0 Å². The second-order valence-corrected chi connectivity index (χ2v) is 11.0. The van der Waals surface area contributed by atoms with Gasteiger partial charge in [-0.05, 0) is 74.5 Å². The van der Waals surface area contributed by atoms with E-state index in [1.54, 1.807) is 85.8 Å². The van der Waals surface area contributed by atoms with Gasteiger partial charge in [-0.25, -0.2) is 4.79 Å². The summed E-state index contributed by atoms with van der Waals surface area (Å²) in [6.07, 6.45) is 1.55. The molecule has 5 N–H and O–H groups in total. The quantitative estimate of drug-likeness (QED) is 0.0728. The molecule has 230 valence electrons. The van der Waals surface area contributed by atoms with Crippen LogP contribution in [-0.4, -0.2) is 45.8 Å². The first-order valence-electron chi connectivity index (χ1n) is 13.9. The lowest BCUT2D eigenvalue weighted by Gasteiger charge is -2.15. The molecular formula is C34H31N3O7S. The van der Waals surface area contributed by atoms with E-state index >= 15 is 0 Å². The van der Waals surface area contributed by atoms with Crippen molar-refractivity contribution in [3.8, 4) is 11.5 Å². The number of phenols is 1. The van der Waals surface area contributed by atoms with Crippen molar-refractivity contribution >= 4 is 52.9 Å². The Morgan fingerprint density at radius 2 is 1.58 bits per heavy atom. The molecule has 0 aliphatic carbocycles. The predicted octanol–water partition coefficient (Wildman–Crippen LogP) is 6.02. The molecule has 0 aliphatic rings. The summed E-state index contributed by atoms with van der Waals surface area (Å²) in [5, 5.41) is 26.5. The van der Waals surface area contributed by atoms with E-state index < -0.39 is 34.7 Å². The Balaban J connectivity index is 1.50. The minimum absolute atomic E-state index is 0.00330. The summed E-state index contributed by atoms with van der Waals surface area (Å²) in [6, 6.07) is 26.3. The van der Waals surface area contributed by atoms with Crippen LogP contribution in [0.2, 0.25) is 0 Å². The van der Waals surface area contributed by atoms with Gasteiger partial charge >= 0.3 is 5.97 Å².